The van der Waals surface area contributed by atoms with E-state index in [1.807, 2.05) is 6.07 Å². The number of ether oxygens (including phenoxy) is 2. The van der Waals surface area contributed by atoms with Crippen molar-refractivity contribution in [1.82, 2.24) is 4.90 Å². The summed E-state index contributed by atoms with van der Waals surface area (Å²) < 4.78 is 10.5. The Kier molecular flexibility index (Phi) is 3.63. The van der Waals surface area contributed by atoms with Gasteiger partial charge < -0.3 is 9.47 Å². The molecule has 0 N–H and O–H groups in total. The molecule has 2 aliphatic heterocycles. The molecule has 0 saturated carbocycles. The summed E-state index contributed by atoms with van der Waals surface area (Å²) in [5.41, 5.74) is 0. The molecule has 5 nitrogen and oxygen atoms in total. The molecule has 1 unspecified atom stereocenters. The first-order valence-corrected chi connectivity index (χ1v) is 7.70. The fourth-order valence-corrected chi connectivity index (χ4v) is 4.00. The largest absolute Gasteiger partial charge is 0.436 e. The third kappa shape index (κ3) is 2.39. The number of thiocarbonyl (C=S) groups is 1. The van der Waals surface area contributed by atoms with E-state index in [2.05, 4.69) is 0 Å². The third-order valence-electron chi connectivity index (χ3n) is 2.82. The van der Waals surface area contributed by atoms with E-state index in [0.717, 1.165) is 9.75 Å². The highest BCUT2D eigenvalue weighted by Crippen LogP contribution is 2.35. The van der Waals surface area contributed by atoms with Gasteiger partial charge in [0.2, 0.25) is 0 Å². The molecular weight excluding hydrogens is 318 g/mol. The molecule has 0 spiro atoms. The standard InChI is InChI=1S/C12H9NO4S3/c1-13-10(14)8(20-12(13)18)4-6-2-3-7(19-6)9-11(15)17-5-16-9/h2-4,9H,5H2,1H3/b8-4-. The van der Waals surface area contributed by atoms with E-state index in [1.54, 1.807) is 19.2 Å². The maximum absolute atomic E-state index is 11.9. The Bertz CT molecular complexity index is 636. The van der Waals surface area contributed by atoms with Crippen molar-refractivity contribution in [3.63, 3.8) is 0 Å². The number of esters is 1. The summed E-state index contributed by atoms with van der Waals surface area (Å²) in [7, 11) is 1.65. The molecule has 20 heavy (non-hydrogen) atoms. The molecule has 2 saturated heterocycles. The van der Waals surface area contributed by atoms with E-state index in [1.165, 1.54) is 28.0 Å². The van der Waals surface area contributed by atoms with Gasteiger partial charge in [-0.2, -0.15) is 0 Å². The molecule has 2 aliphatic rings. The number of rotatable bonds is 2. The van der Waals surface area contributed by atoms with Gasteiger partial charge in [-0.05, 0) is 18.2 Å². The Labute approximate surface area is 128 Å². The van der Waals surface area contributed by atoms with Crippen LogP contribution in [0.2, 0.25) is 0 Å². The summed E-state index contributed by atoms with van der Waals surface area (Å²) in [6, 6.07) is 3.65. The quantitative estimate of drug-likeness (QED) is 0.471. The van der Waals surface area contributed by atoms with Crippen LogP contribution in [0.3, 0.4) is 0 Å². The van der Waals surface area contributed by atoms with Crippen LogP contribution in [0.1, 0.15) is 15.9 Å². The number of thioether (sulfide) groups is 1. The van der Waals surface area contributed by atoms with Crippen molar-refractivity contribution < 1.29 is 19.1 Å². The van der Waals surface area contributed by atoms with Crippen molar-refractivity contribution in [1.29, 1.82) is 0 Å². The van der Waals surface area contributed by atoms with Crippen molar-refractivity contribution in [3.05, 3.63) is 26.8 Å². The fourth-order valence-electron chi connectivity index (χ4n) is 1.76. The molecule has 3 rings (SSSR count). The third-order valence-corrected chi connectivity index (χ3v) is 5.38. The molecule has 0 bridgehead atoms. The van der Waals surface area contributed by atoms with E-state index >= 15 is 0 Å². The monoisotopic (exact) mass is 327 g/mol. The minimum Gasteiger partial charge on any atom is -0.436 e. The van der Waals surface area contributed by atoms with Crippen LogP contribution < -0.4 is 0 Å². The van der Waals surface area contributed by atoms with E-state index in [9.17, 15) is 9.59 Å². The molecule has 0 aliphatic carbocycles. The Morgan fingerprint density at radius 1 is 1.45 bits per heavy atom. The molecule has 104 valence electrons. The predicted molar refractivity (Wildman–Crippen MR) is 80.0 cm³/mol. The topological polar surface area (TPSA) is 55.8 Å². The molecular formula is C12H9NO4S3. The first-order chi connectivity index (χ1) is 9.56. The van der Waals surface area contributed by atoms with Crippen LogP contribution >= 0.6 is 35.3 Å². The molecule has 1 amide bonds. The highest BCUT2D eigenvalue weighted by molar-refractivity contribution is 8.26. The SMILES string of the molecule is CN1C(=O)/C(=C/c2ccc(C3OCOC3=O)s2)SC1=S. The summed E-state index contributed by atoms with van der Waals surface area (Å²) in [4.78, 5) is 27.0. The molecule has 3 heterocycles. The van der Waals surface area contributed by atoms with E-state index in [4.69, 9.17) is 21.7 Å². The summed E-state index contributed by atoms with van der Waals surface area (Å²) in [6.07, 6.45) is 1.12. The van der Waals surface area contributed by atoms with Gasteiger partial charge in [-0.25, -0.2) is 4.79 Å². The maximum atomic E-state index is 11.9. The lowest BCUT2D eigenvalue weighted by Crippen LogP contribution is -2.22. The average Bonchev–Trinajstić information content (AvgIpc) is 3.09. The second-order valence-corrected chi connectivity index (χ2v) is 6.93. The molecule has 2 fully saturated rings. The van der Waals surface area contributed by atoms with Gasteiger partial charge in [-0.1, -0.05) is 24.0 Å². The molecule has 0 radical (unpaired) electrons. The van der Waals surface area contributed by atoms with Crippen molar-refractivity contribution in [2.75, 3.05) is 13.8 Å². The number of cyclic esters (lactones) is 1. The number of nitrogens with zero attached hydrogens (tertiary/aromatic N) is 1. The number of hydrogen-bond donors (Lipinski definition) is 0. The Hall–Kier alpha value is -1.22. The second-order valence-electron chi connectivity index (χ2n) is 4.11. The normalized spacial score (nSPS) is 24.9. The maximum Gasteiger partial charge on any atom is 0.343 e. The van der Waals surface area contributed by atoms with Gasteiger partial charge in [0.1, 0.15) is 4.32 Å². The van der Waals surface area contributed by atoms with Crippen molar-refractivity contribution in [2.24, 2.45) is 0 Å². The van der Waals surface area contributed by atoms with E-state index in [-0.39, 0.29) is 18.7 Å². The van der Waals surface area contributed by atoms with Gasteiger partial charge in [0.05, 0.1) is 4.91 Å². The Morgan fingerprint density at radius 3 is 2.85 bits per heavy atom. The Balaban J connectivity index is 1.83. The number of hydrogen-bond acceptors (Lipinski definition) is 7. The van der Waals surface area contributed by atoms with Gasteiger partial charge in [0.25, 0.3) is 5.91 Å². The second kappa shape index (κ2) is 5.28. The van der Waals surface area contributed by atoms with Crippen molar-refractivity contribution >= 4 is 57.6 Å². The minimum atomic E-state index is -0.650. The number of carbonyl (C=O) groups excluding carboxylic acids is 2. The lowest BCUT2D eigenvalue weighted by Gasteiger charge is -2.03. The van der Waals surface area contributed by atoms with E-state index in [0.29, 0.717) is 9.23 Å². The van der Waals surface area contributed by atoms with Crippen molar-refractivity contribution in [2.45, 2.75) is 6.10 Å². The van der Waals surface area contributed by atoms with Crippen LogP contribution in [0.25, 0.3) is 6.08 Å². The zero-order valence-electron chi connectivity index (χ0n) is 10.3. The number of likely N-dealkylation sites (N-methyl/N-ethyl adjacent to an activating group) is 1. The van der Waals surface area contributed by atoms with Gasteiger partial charge in [-0.15, -0.1) is 11.3 Å². The summed E-state index contributed by atoms with van der Waals surface area (Å²) in [5.74, 6) is -0.482. The van der Waals surface area contributed by atoms with Gasteiger partial charge in [0, 0.05) is 16.8 Å². The Morgan fingerprint density at radius 2 is 2.25 bits per heavy atom. The predicted octanol–water partition coefficient (Wildman–Crippen LogP) is 2.15. The van der Waals surface area contributed by atoms with Crippen LogP contribution in [0.4, 0.5) is 0 Å². The van der Waals surface area contributed by atoms with Crippen LogP contribution in [0.15, 0.2) is 17.0 Å². The summed E-state index contributed by atoms with van der Waals surface area (Å²) in [5, 5.41) is 0. The highest BCUT2D eigenvalue weighted by Gasteiger charge is 2.31. The zero-order valence-corrected chi connectivity index (χ0v) is 12.8. The lowest BCUT2D eigenvalue weighted by atomic mass is 10.3. The fraction of sp³-hybridized carbons (Fsp3) is 0.250. The number of amides is 1. The average molecular weight is 327 g/mol. The molecule has 1 aromatic heterocycles. The van der Waals surface area contributed by atoms with Crippen LogP contribution in [0.5, 0.6) is 0 Å². The van der Waals surface area contributed by atoms with Crippen LogP contribution in [-0.2, 0) is 19.1 Å². The lowest BCUT2D eigenvalue weighted by molar-refractivity contribution is -0.139. The van der Waals surface area contributed by atoms with Crippen LogP contribution in [-0.4, -0.2) is 34.9 Å². The number of carbonyl (C=O) groups is 2. The smallest absolute Gasteiger partial charge is 0.343 e. The zero-order chi connectivity index (χ0) is 14.3. The molecule has 1 atom stereocenters. The first-order valence-electron chi connectivity index (χ1n) is 5.66. The van der Waals surface area contributed by atoms with Gasteiger partial charge in [0.15, 0.2) is 12.9 Å². The summed E-state index contributed by atoms with van der Waals surface area (Å²) in [6.45, 7) is -0.00870. The first kappa shape index (κ1) is 13.7. The minimum absolute atomic E-state index is 0.00870. The van der Waals surface area contributed by atoms with Gasteiger partial charge >= 0.3 is 5.97 Å². The summed E-state index contributed by atoms with van der Waals surface area (Å²) >= 11 is 7.74. The van der Waals surface area contributed by atoms with Gasteiger partial charge in [-0.3, -0.25) is 9.69 Å². The molecule has 1 aromatic rings. The molecule has 8 heteroatoms. The van der Waals surface area contributed by atoms with Crippen LogP contribution in [0, 0.1) is 0 Å². The van der Waals surface area contributed by atoms with Crippen molar-refractivity contribution in [3.8, 4) is 0 Å². The molecule has 0 aromatic carbocycles. The van der Waals surface area contributed by atoms with E-state index < -0.39 is 6.10 Å². The number of thiophene rings is 1. The highest BCUT2D eigenvalue weighted by atomic mass is 32.2.